The van der Waals surface area contributed by atoms with Crippen molar-refractivity contribution in [3.05, 3.63) is 71.8 Å². The normalized spacial score (nSPS) is 21.3. The molecule has 2 aliphatic heterocycles. The first kappa shape index (κ1) is 29.5. The van der Waals surface area contributed by atoms with Gasteiger partial charge in [-0.3, -0.25) is 9.80 Å². The molecule has 6 nitrogen and oxygen atoms in total. The topological polar surface area (TPSA) is 65.4 Å². The van der Waals surface area contributed by atoms with Crippen molar-refractivity contribution >= 4 is 21.4 Å². The van der Waals surface area contributed by atoms with E-state index >= 15 is 0 Å². The average Bonchev–Trinajstić information content (AvgIpc) is 3.82. The van der Waals surface area contributed by atoms with Crippen molar-refractivity contribution in [2.24, 2.45) is 0 Å². The Hall–Kier alpha value is -3.26. The smallest absolute Gasteiger partial charge is 0.161 e. The molecule has 1 saturated carbocycles. The van der Waals surface area contributed by atoms with Crippen LogP contribution in [-0.4, -0.2) is 71.5 Å². The van der Waals surface area contributed by atoms with Crippen molar-refractivity contribution < 1.29 is 19.7 Å². The number of ether oxygens (including phenoxy) is 2. The largest absolute Gasteiger partial charge is 0.508 e. The van der Waals surface area contributed by atoms with Crippen molar-refractivity contribution in [2.75, 3.05) is 39.3 Å². The summed E-state index contributed by atoms with van der Waals surface area (Å²) in [4.78, 5) is 6.24. The maximum atomic E-state index is 11.1. The molecule has 0 radical (unpaired) electrons. The summed E-state index contributed by atoms with van der Waals surface area (Å²) in [5.74, 6) is 1.96. The van der Waals surface area contributed by atoms with Gasteiger partial charge in [0.05, 0.1) is 0 Å². The molecule has 3 fully saturated rings. The first-order chi connectivity index (χ1) is 21.6. The second-order valence-electron chi connectivity index (χ2n) is 12.7. The average molecular weight is 613 g/mol. The molecule has 1 aliphatic carbocycles. The van der Waals surface area contributed by atoms with Crippen molar-refractivity contribution in [1.82, 2.24) is 9.80 Å². The molecule has 3 heterocycles. The van der Waals surface area contributed by atoms with Crippen molar-refractivity contribution in [2.45, 2.75) is 69.9 Å². The quantitative estimate of drug-likeness (QED) is 0.190. The highest BCUT2D eigenvalue weighted by Crippen LogP contribution is 2.42. The fraction of sp³-hybridized carbons (Fsp3) is 0.459. The Balaban J connectivity index is 1.09. The Morgan fingerprint density at radius 3 is 2.36 bits per heavy atom. The van der Waals surface area contributed by atoms with E-state index in [2.05, 4.69) is 40.1 Å². The Kier molecular flexibility index (Phi) is 8.96. The van der Waals surface area contributed by atoms with Crippen LogP contribution in [0.1, 0.15) is 62.5 Å². The second-order valence-corrected chi connectivity index (χ2v) is 13.8. The second kappa shape index (κ2) is 13.4. The van der Waals surface area contributed by atoms with Gasteiger partial charge in [0, 0.05) is 22.2 Å². The third kappa shape index (κ3) is 6.56. The lowest BCUT2D eigenvalue weighted by Gasteiger charge is -2.37. The first-order valence-corrected chi connectivity index (χ1v) is 17.3. The number of phenolic OH excluding ortho intramolecular Hbond substituents is 2. The van der Waals surface area contributed by atoms with Crippen molar-refractivity contribution in [1.29, 1.82) is 0 Å². The molecule has 0 amide bonds. The van der Waals surface area contributed by atoms with Crippen molar-refractivity contribution in [3.8, 4) is 33.4 Å². The fourth-order valence-electron chi connectivity index (χ4n) is 7.39. The van der Waals surface area contributed by atoms with Crippen LogP contribution in [0.2, 0.25) is 0 Å². The minimum absolute atomic E-state index is 0.130. The van der Waals surface area contributed by atoms with Gasteiger partial charge in [0.25, 0.3) is 0 Å². The summed E-state index contributed by atoms with van der Waals surface area (Å²) in [6, 6.07) is 20.4. The molecule has 2 atom stereocenters. The van der Waals surface area contributed by atoms with E-state index in [1.807, 2.05) is 24.3 Å². The number of benzene rings is 3. The highest BCUT2D eigenvalue weighted by molar-refractivity contribution is 7.22. The SMILES string of the molecule is Oc1ccc2c(Cc3ccc(O[C@@H]4CCCC[C@H]4N4CCCC4)c(O)c3)c(-c3ccc(OCCN4CCCC4)cc3)sc2c1. The first-order valence-electron chi connectivity index (χ1n) is 16.5. The van der Waals surface area contributed by atoms with E-state index in [0.29, 0.717) is 24.8 Å². The van der Waals surface area contributed by atoms with Crippen LogP contribution in [0.3, 0.4) is 0 Å². The summed E-state index contributed by atoms with van der Waals surface area (Å²) < 4.78 is 13.6. The number of nitrogens with zero attached hydrogens (tertiary/aromatic N) is 2. The van der Waals surface area contributed by atoms with Crippen LogP contribution in [0.15, 0.2) is 60.7 Å². The molecule has 0 spiro atoms. The van der Waals surface area contributed by atoms with Crippen LogP contribution in [0.4, 0.5) is 0 Å². The number of hydrogen-bond donors (Lipinski definition) is 2. The Labute approximate surface area is 264 Å². The van der Waals surface area contributed by atoms with E-state index in [4.69, 9.17) is 9.47 Å². The lowest BCUT2D eigenvalue weighted by molar-refractivity contribution is 0.0468. The number of rotatable bonds is 10. The van der Waals surface area contributed by atoms with E-state index in [9.17, 15) is 10.2 Å². The lowest BCUT2D eigenvalue weighted by Crippen LogP contribution is -2.46. The van der Waals surface area contributed by atoms with E-state index in [1.54, 1.807) is 17.4 Å². The Bertz CT molecular complexity index is 1560. The molecule has 44 heavy (non-hydrogen) atoms. The fourth-order valence-corrected chi connectivity index (χ4v) is 8.65. The monoisotopic (exact) mass is 612 g/mol. The zero-order valence-corrected chi connectivity index (χ0v) is 26.4. The molecule has 1 aromatic heterocycles. The standard InChI is InChI=1S/C37H44N2O4S/c40-28-12-15-30-31(37(44-36(30)25-28)27-10-13-29(14-11-27)42-22-21-38-17-3-4-18-38)23-26-9-16-35(33(41)24-26)43-34-8-2-1-7-32(34)39-19-5-6-20-39/h9-16,24-25,32,34,40-41H,1-8,17-23H2/t32-,34-/m1/s1. The van der Waals surface area contributed by atoms with Crippen LogP contribution in [0, 0.1) is 0 Å². The zero-order chi connectivity index (χ0) is 29.9. The van der Waals surface area contributed by atoms with Gasteiger partial charge in [-0.1, -0.05) is 12.5 Å². The van der Waals surface area contributed by atoms with E-state index < -0.39 is 0 Å². The van der Waals surface area contributed by atoms with Crippen LogP contribution < -0.4 is 9.47 Å². The number of likely N-dealkylation sites (tertiary alicyclic amines) is 2. The van der Waals surface area contributed by atoms with Gasteiger partial charge in [-0.15, -0.1) is 11.3 Å². The van der Waals surface area contributed by atoms with Crippen molar-refractivity contribution in [3.63, 3.8) is 0 Å². The molecule has 0 bridgehead atoms. The third-order valence-corrected chi connectivity index (χ3v) is 11.0. The summed E-state index contributed by atoms with van der Waals surface area (Å²) in [5, 5.41) is 22.5. The highest BCUT2D eigenvalue weighted by atomic mass is 32.1. The van der Waals surface area contributed by atoms with Crippen LogP contribution in [-0.2, 0) is 6.42 Å². The van der Waals surface area contributed by atoms with Gasteiger partial charge >= 0.3 is 0 Å². The molecule has 3 aliphatic rings. The van der Waals surface area contributed by atoms with E-state index in [-0.39, 0.29) is 17.6 Å². The summed E-state index contributed by atoms with van der Waals surface area (Å²) in [6.45, 7) is 6.37. The summed E-state index contributed by atoms with van der Waals surface area (Å²) in [5.41, 5.74) is 3.36. The molecule has 2 N–H and O–H groups in total. The number of fused-ring (bicyclic) bond motifs is 1. The van der Waals surface area contributed by atoms with Gasteiger partial charge in [-0.25, -0.2) is 0 Å². The van der Waals surface area contributed by atoms with E-state index in [1.165, 1.54) is 81.6 Å². The molecular weight excluding hydrogens is 568 g/mol. The summed E-state index contributed by atoms with van der Waals surface area (Å²) in [6.07, 6.45) is 10.6. The molecule has 232 valence electrons. The maximum absolute atomic E-state index is 11.1. The zero-order valence-electron chi connectivity index (χ0n) is 25.5. The third-order valence-electron chi connectivity index (χ3n) is 9.73. The number of hydrogen-bond acceptors (Lipinski definition) is 7. The predicted molar refractivity (Wildman–Crippen MR) is 178 cm³/mol. The Morgan fingerprint density at radius 1 is 0.795 bits per heavy atom. The summed E-state index contributed by atoms with van der Waals surface area (Å²) >= 11 is 1.69. The van der Waals surface area contributed by atoms with Gasteiger partial charge in [0.2, 0.25) is 0 Å². The number of aromatic hydroxyl groups is 2. The minimum Gasteiger partial charge on any atom is -0.508 e. The number of thiophene rings is 1. The van der Waals surface area contributed by atoms with Gasteiger partial charge in [-0.2, -0.15) is 0 Å². The van der Waals surface area contributed by atoms with Crippen LogP contribution >= 0.6 is 11.3 Å². The number of phenols is 2. The molecular formula is C37H44N2O4S. The van der Waals surface area contributed by atoms with Gasteiger partial charge < -0.3 is 19.7 Å². The van der Waals surface area contributed by atoms with Gasteiger partial charge in [0.1, 0.15) is 24.2 Å². The minimum atomic E-state index is 0.130. The van der Waals surface area contributed by atoms with Crippen LogP contribution in [0.5, 0.6) is 23.0 Å². The maximum Gasteiger partial charge on any atom is 0.161 e. The molecule has 7 heteroatoms. The molecule has 7 rings (SSSR count). The van der Waals surface area contributed by atoms with Crippen LogP contribution in [0.25, 0.3) is 20.5 Å². The molecule has 0 unspecified atom stereocenters. The highest BCUT2D eigenvalue weighted by Gasteiger charge is 2.33. The van der Waals surface area contributed by atoms with Gasteiger partial charge in [0.15, 0.2) is 11.5 Å². The molecule has 3 aromatic carbocycles. The molecule has 2 saturated heterocycles. The lowest BCUT2D eigenvalue weighted by atomic mass is 9.91. The molecule has 4 aromatic rings. The summed E-state index contributed by atoms with van der Waals surface area (Å²) in [7, 11) is 0. The van der Waals surface area contributed by atoms with Gasteiger partial charge in [-0.05, 0) is 154 Å². The Morgan fingerprint density at radius 2 is 1.57 bits per heavy atom. The predicted octanol–water partition coefficient (Wildman–Crippen LogP) is 7.83. The van der Waals surface area contributed by atoms with E-state index in [0.717, 1.165) is 39.9 Å².